The van der Waals surface area contributed by atoms with Crippen molar-refractivity contribution >= 4 is 43.5 Å². The Balaban J connectivity index is 0.000000377. The lowest BCUT2D eigenvalue weighted by Crippen LogP contribution is -2.23. The molecule has 2 heterocycles. The maximum absolute atomic E-state index is 9.22. The largest absolute Gasteiger partial charge is 0.726 e. The Morgan fingerprint density at radius 1 is 1.07 bits per heavy atom. The van der Waals surface area contributed by atoms with E-state index >= 15 is 0 Å². The van der Waals surface area contributed by atoms with Gasteiger partial charge in [-0.25, -0.2) is 13.0 Å². The zero-order valence-corrected chi connectivity index (χ0v) is 18.2. The summed E-state index contributed by atoms with van der Waals surface area (Å²) in [4.78, 5) is 4.70. The van der Waals surface area contributed by atoms with Crippen LogP contribution in [0.2, 0.25) is 0 Å². The third kappa shape index (κ3) is 5.36. The molecule has 2 aromatic heterocycles. The van der Waals surface area contributed by atoms with Gasteiger partial charge in [-0.2, -0.15) is 0 Å². The van der Waals surface area contributed by atoms with E-state index in [9.17, 15) is 13.0 Å². The first-order valence-corrected chi connectivity index (χ1v) is 11.0. The average molecular weight is 445 g/mol. The van der Waals surface area contributed by atoms with Crippen LogP contribution in [-0.4, -0.2) is 25.1 Å². The molecule has 0 unspecified atom stereocenters. The number of aromatic amines is 1. The highest BCUT2D eigenvalue weighted by molar-refractivity contribution is 7.80. The van der Waals surface area contributed by atoms with Crippen LogP contribution in [-0.2, 0) is 21.6 Å². The van der Waals surface area contributed by atoms with Gasteiger partial charge in [0.05, 0.1) is 25.0 Å². The third-order valence-electron chi connectivity index (χ3n) is 4.11. The highest BCUT2D eigenvalue weighted by Crippen LogP contribution is 2.38. The quantitative estimate of drug-likeness (QED) is 0.216. The first kappa shape index (κ1) is 21.8. The molecule has 30 heavy (non-hydrogen) atoms. The molecular weight excluding hydrogens is 424 g/mol. The van der Waals surface area contributed by atoms with Crippen molar-refractivity contribution in [1.82, 2.24) is 4.98 Å². The number of thiazole rings is 1. The number of nitrogens with zero attached hydrogens (tertiary/aromatic N) is 3. The molecule has 8 nitrogen and oxygen atoms in total. The van der Waals surface area contributed by atoms with Gasteiger partial charge in [-0.05, 0) is 29.4 Å². The summed E-state index contributed by atoms with van der Waals surface area (Å²) in [6.45, 7) is 2.07. The van der Waals surface area contributed by atoms with Gasteiger partial charge >= 0.3 is 5.13 Å². The molecule has 4 rings (SSSR count). The molecule has 4 aromatic rings. The van der Waals surface area contributed by atoms with Gasteiger partial charge in [-0.15, -0.1) is 0 Å². The molecule has 0 fully saturated rings. The average Bonchev–Trinajstić information content (AvgIpc) is 3.26. The molecule has 0 radical (unpaired) electrons. The number of benzene rings is 2. The molecular formula is C20H20N4O4S2. The van der Waals surface area contributed by atoms with Gasteiger partial charge in [0.15, 0.2) is 0 Å². The number of aromatic nitrogens is 2. The number of rotatable bonds is 4. The van der Waals surface area contributed by atoms with E-state index in [0.717, 1.165) is 40.1 Å². The summed E-state index contributed by atoms with van der Waals surface area (Å²) >= 11 is 1.64. The van der Waals surface area contributed by atoms with E-state index in [1.54, 1.807) is 11.3 Å². The second-order valence-corrected chi connectivity index (χ2v) is 8.63. The highest BCUT2D eigenvalue weighted by atomic mass is 32.3. The van der Waals surface area contributed by atoms with Crippen molar-refractivity contribution in [2.45, 2.75) is 6.92 Å². The Labute approximate surface area is 178 Å². The summed E-state index contributed by atoms with van der Waals surface area (Å²) in [6, 6.07) is 18.4. The molecule has 0 saturated carbocycles. The monoisotopic (exact) mass is 444 g/mol. The molecule has 0 atom stereocenters. The van der Waals surface area contributed by atoms with Crippen LogP contribution in [0.3, 0.4) is 0 Å². The van der Waals surface area contributed by atoms with E-state index in [2.05, 4.69) is 56.8 Å². The summed E-state index contributed by atoms with van der Waals surface area (Å²) in [5, 5.41) is 11.1. The number of nitrogens with one attached hydrogen (secondary N) is 1. The Morgan fingerprint density at radius 2 is 1.70 bits per heavy atom. The maximum atomic E-state index is 9.22. The van der Waals surface area contributed by atoms with Crippen molar-refractivity contribution in [2.75, 3.05) is 7.11 Å². The Hall–Kier alpha value is -2.92. The van der Waals surface area contributed by atoms with E-state index in [4.69, 9.17) is 0 Å². The number of para-hydroxylation sites is 1. The topological polar surface area (TPSA) is 111 Å². The van der Waals surface area contributed by atoms with Gasteiger partial charge in [-0.1, -0.05) is 48.5 Å². The summed E-state index contributed by atoms with van der Waals surface area (Å²) in [5.41, 5.74) is 4.05. The molecule has 0 saturated heterocycles. The third-order valence-corrected chi connectivity index (χ3v) is 5.50. The predicted octanol–water partition coefficient (Wildman–Crippen LogP) is 4.54. The Bertz CT molecular complexity index is 1280. The molecule has 0 amide bonds. The van der Waals surface area contributed by atoms with Crippen LogP contribution in [0.15, 0.2) is 71.0 Å². The van der Waals surface area contributed by atoms with Gasteiger partial charge < -0.3 is 9.54 Å². The standard InChI is InChI=1S/C19H16N4S.CH4O4S/c1-13-12-23(2)19(24-13)22-21-18-15-10-6-7-11-16(15)20-17(18)14-8-4-3-5-9-14;1-5-6(2,3)4/h3-12H,1-2H3;1H3,(H,2,3,4). The van der Waals surface area contributed by atoms with Crippen molar-refractivity contribution in [3.8, 4) is 11.3 Å². The number of azo groups is 1. The fourth-order valence-corrected chi connectivity index (χ4v) is 3.58. The van der Waals surface area contributed by atoms with Crippen molar-refractivity contribution in [2.24, 2.45) is 17.3 Å². The summed E-state index contributed by atoms with van der Waals surface area (Å²) < 4.78 is 33.0. The molecule has 0 aliphatic rings. The molecule has 10 heteroatoms. The maximum Gasteiger partial charge on any atom is 0.408 e. The minimum Gasteiger partial charge on any atom is -0.726 e. The number of hydrogen-bond donors (Lipinski definition) is 1. The van der Waals surface area contributed by atoms with E-state index in [0.29, 0.717) is 0 Å². The highest BCUT2D eigenvalue weighted by Gasteiger charge is 2.16. The molecule has 0 aliphatic heterocycles. The molecule has 2 aromatic carbocycles. The van der Waals surface area contributed by atoms with Crippen molar-refractivity contribution in [1.29, 1.82) is 0 Å². The van der Waals surface area contributed by atoms with Crippen molar-refractivity contribution < 1.29 is 21.7 Å². The van der Waals surface area contributed by atoms with Gasteiger partial charge in [0, 0.05) is 21.3 Å². The lowest BCUT2D eigenvalue weighted by Gasteiger charge is -1.98. The van der Waals surface area contributed by atoms with Crippen LogP contribution in [0, 0.1) is 6.92 Å². The van der Waals surface area contributed by atoms with Gasteiger partial charge in [0.2, 0.25) is 10.4 Å². The molecule has 0 aliphatic carbocycles. The summed E-state index contributed by atoms with van der Waals surface area (Å²) in [7, 11) is -1.61. The van der Waals surface area contributed by atoms with Crippen molar-refractivity contribution in [3.05, 3.63) is 65.7 Å². The van der Waals surface area contributed by atoms with Crippen molar-refractivity contribution in [3.63, 3.8) is 0 Å². The molecule has 1 N–H and O–H groups in total. The lowest BCUT2D eigenvalue weighted by atomic mass is 10.1. The van der Waals surface area contributed by atoms with E-state index in [1.165, 1.54) is 4.88 Å². The fourth-order valence-electron chi connectivity index (χ4n) is 2.80. The number of hydrogen-bond acceptors (Lipinski definition) is 7. The lowest BCUT2D eigenvalue weighted by molar-refractivity contribution is -0.654. The normalized spacial score (nSPS) is 11.6. The summed E-state index contributed by atoms with van der Waals surface area (Å²) in [6.07, 6.45) is 2.06. The Morgan fingerprint density at radius 3 is 2.30 bits per heavy atom. The minimum atomic E-state index is -4.41. The van der Waals surface area contributed by atoms with E-state index in [1.807, 2.05) is 41.9 Å². The number of aryl methyl sites for hydroxylation is 2. The zero-order chi connectivity index (χ0) is 21.7. The number of fused-ring (bicyclic) bond motifs is 1. The van der Waals surface area contributed by atoms with E-state index in [-0.39, 0.29) is 0 Å². The first-order chi connectivity index (χ1) is 14.3. The van der Waals surface area contributed by atoms with Crippen LogP contribution in [0.5, 0.6) is 0 Å². The minimum absolute atomic E-state index is 0.808. The van der Waals surface area contributed by atoms with Gasteiger partial charge in [0.1, 0.15) is 11.9 Å². The predicted molar refractivity (Wildman–Crippen MR) is 115 cm³/mol. The van der Waals surface area contributed by atoms with Crippen LogP contribution >= 0.6 is 11.3 Å². The molecule has 0 spiro atoms. The zero-order valence-electron chi connectivity index (χ0n) is 16.6. The Kier molecular flexibility index (Phi) is 6.73. The second kappa shape index (κ2) is 9.26. The SMILES string of the molecule is COS(=O)(=O)[O-].Cc1c[n+](C)c(N=Nc2c(-c3ccccc3)[nH]c3ccccc23)s1. The first-order valence-electron chi connectivity index (χ1n) is 8.84. The number of H-pyrrole nitrogens is 1. The van der Waals surface area contributed by atoms with Gasteiger partial charge in [-0.3, -0.25) is 4.18 Å². The van der Waals surface area contributed by atoms with Crippen LogP contribution in [0.1, 0.15) is 4.88 Å². The van der Waals surface area contributed by atoms with E-state index < -0.39 is 10.4 Å². The fraction of sp³-hybridized carbons (Fsp3) is 0.150. The van der Waals surface area contributed by atoms with Crippen LogP contribution in [0.4, 0.5) is 10.8 Å². The van der Waals surface area contributed by atoms with Gasteiger partial charge in [0.25, 0.3) is 0 Å². The van der Waals surface area contributed by atoms with Crippen LogP contribution < -0.4 is 4.57 Å². The smallest absolute Gasteiger partial charge is 0.408 e. The summed E-state index contributed by atoms with van der Waals surface area (Å²) in [5.74, 6) is 0. The van der Waals surface area contributed by atoms with Crippen LogP contribution in [0.25, 0.3) is 22.2 Å². The second-order valence-electron chi connectivity index (χ2n) is 6.27. The molecule has 0 bridgehead atoms. The molecule has 156 valence electrons.